The lowest BCUT2D eigenvalue weighted by Gasteiger charge is -2.22. The molecule has 2 N–H and O–H groups in total. The molecular weight excluding hydrogens is 294 g/mol. The lowest BCUT2D eigenvalue weighted by Crippen LogP contribution is -2.16. The smallest absolute Gasteiger partial charge is 0.0708 e. The van der Waals surface area contributed by atoms with Crippen molar-refractivity contribution in [3.63, 3.8) is 0 Å². The minimum Gasteiger partial charge on any atom is -0.392 e. The standard InChI is InChI=1S/C14H12BrNO2/c15-11-1-2-12-10(8-17)5-9-3-4-16(18)7-14(9)13(12)6-11/h1-6,17-18H,7-8H2. The summed E-state index contributed by atoms with van der Waals surface area (Å²) in [5.74, 6) is 0. The van der Waals surface area contributed by atoms with E-state index < -0.39 is 0 Å². The number of benzene rings is 2. The maximum absolute atomic E-state index is 9.60. The number of hydroxylamine groups is 2. The van der Waals surface area contributed by atoms with E-state index in [4.69, 9.17) is 0 Å². The number of nitrogens with zero attached hydrogens (tertiary/aromatic N) is 1. The highest BCUT2D eigenvalue weighted by Crippen LogP contribution is 2.32. The van der Waals surface area contributed by atoms with Gasteiger partial charge >= 0.3 is 0 Å². The molecule has 0 saturated heterocycles. The Balaban J connectivity index is 2.38. The molecule has 0 bridgehead atoms. The van der Waals surface area contributed by atoms with Crippen LogP contribution in [0.5, 0.6) is 0 Å². The molecule has 2 aromatic rings. The second-order valence-electron chi connectivity index (χ2n) is 4.36. The van der Waals surface area contributed by atoms with Gasteiger partial charge in [0.15, 0.2) is 0 Å². The summed E-state index contributed by atoms with van der Waals surface area (Å²) in [4.78, 5) is 0. The summed E-state index contributed by atoms with van der Waals surface area (Å²) in [6.45, 7) is 0.479. The van der Waals surface area contributed by atoms with E-state index in [9.17, 15) is 10.3 Å². The van der Waals surface area contributed by atoms with Crippen LogP contribution in [0, 0.1) is 0 Å². The highest BCUT2D eigenvalue weighted by atomic mass is 79.9. The first-order chi connectivity index (χ1) is 8.69. The van der Waals surface area contributed by atoms with Crippen LogP contribution in [0.1, 0.15) is 16.7 Å². The van der Waals surface area contributed by atoms with Gasteiger partial charge in [0.05, 0.1) is 13.2 Å². The first kappa shape index (κ1) is 11.7. The molecule has 18 heavy (non-hydrogen) atoms. The van der Waals surface area contributed by atoms with Gasteiger partial charge in [0.25, 0.3) is 0 Å². The third kappa shape index (κ3) is 1.82. The SMILES string of the molecule is OCc1cc2c(c3cc(Br)ccc13)CN(O)C=C2. The maximum atomic E-state index is 9.60. The summed E-state index contributed by atoms with van der Waals surface area (Å²) < 4.78 is 0.992. The van der Waals surface area contributed by atoms with Crippen molar-refractivity contribution in [1.82, 2.24) is 5.06 Å². The lowest BCUT2D eigenvalue weighted by atomic mass is 9.93. The zero-order valence-electron chi connectivity index (χ0n) is 9.60. The number of hydrogen-bond donors (Lipinski definition) is 2. The van der Waals surface area contributed by atoms with Gasteiger partial charge in [-0.3, -0.25) is 10.3 Å². The second kappa shape index (κ2) is 4.39. The van der Waals surface area contributed by atoms with Crippen molar-refractivity contribution in [2.75, 3.05) is 0 Å². The first-order valence-electron chi connectivity index (χ1n) is 5.67. The Morgan fingerprint density at radius 1 is 1.22 bits per heavy atom. The minimum atomic E-state index is 0.0160. The molecule has 0 spiro atoms. The molecule has 1 heterocycles. The fourth-order valence-electron chi connectivity index (χ4n) is 2.39. The van der Waals surface area contributed by atoms with E-state index in [-0.39, 0.29) is 6.61 Å². The van der Waals surface area contributed by atoms with Crippen molar-refractivity contribution in [2.24, 2.45) is 0 Å². The second-order valence-corrected chi connectivity index (χ2v) is 5.28. The number of hydrogen-bond acceptors (Lipinski definition) is 3. The van der Waals surface area contributed by atoms with E-state index in [1.165, 1.54) is 5.06 Å². The molecule has 2 aromatic carbocycles. The third-order valence-electron chi connectivity index (χ3n) is 3.25. The molecule has 0 atom stereocenters. The summed E-state index contributed by atoms with van der Waals surface area (Å²) in [6, 6.07) is 7.96. The Morgan fingerprint density at radius 3 is 2.83 bits per heavy atom. The van der Waals surface area contributed by atoms with Gasteiger partial charge < -0.3 is 5.11 Å². The monoisotopic (exact) mass is 305 g/mol. The summed E-state index contributed by atoms with van der Waals surface area (Å²) in [6.07, 6.45) is 3.49. The van der Waals surface area contributed by atoms with Crippen LogP contribution in [0.4, 0.5) is 0 Å². The molecule has 92 valence electrons. The van der Waals surface area contributed by atoms with E-state index in [0.717, 1.165) is 31.9 Å². The van der Waals surface area contributed by atoms with Crippen LogP contribution in [0.25, 0.3) is 16.8 Å². The molecule has 0 aromatic heterocycles. The van der Waals surface area contributed by atoms with Crippen LogP contribution in [-0.2, 0) is 13.2 Å². The van der Waals surface area contributed by atoms with Crippen molar-refractivity contribution in [3.05, 3.63) is 51.6 Å². The van der Waals surface area contributed by atoms with Crippen molar-refractivity contribution >= 4 is 32.8 Å². The van der Waals surface area contributed by atoms with E-state index in [2.05, 4.69) is 15.9 Å². The molecule has 1 aliphatic rings. The van der Waals surface area contributed by atoms with Crippen molar-refractivity contribution in [1.29, 1.82) is 0 Å². The Labute approximate surface area is 113 Å². The number of aliphatic hydroxyl groups excluding tert-OH is 1. The highest BCUT2D eigenvalue weighted by molar-refractivity contribution is 9.10. The van der Waals surface area contributed by atoms with Crippen LogP contribution >= 0.6 is 15.9 Å². The summed E-state index contributed by atoms with van der Waals surface area (Å²) in [5, 5.41) is 22.3. The van der Waals surface area contributed by atoms with Gasteiger partial charge in [-0.15, -0.1) is 0 Å². The number of aliphatic hydroxyl groups is 1. The first-order valence-corrected chi connectivity index (χ1v) is 6.47. The normalized spacial score (nSPS) is 14.1. The fourth-order valence-corrected chi connectivity index (χ4v) is 2.75. The average molecular weight is 306 g/mol. The largest absolute Gasteiger partial charge is 0.392 e. The van der Waals surface area contributed by atoms with Gasteiger partial charge in [-0.1, -0.05) is 22.0 Å². The van der Waals surface area contributed by atoms with Gasteiger partial charge in [-0.25, -0.2) is 0 Å². The molecule has 0 radical (unpaired) electrons. The fraction of sp³-hybridized carbons (Fsp3) is 0.143. The molecule has 0 saturated carbocycles. The van der Waals surface area contributed by atoms with Crippen molar-refractivity contribution in [2.45, 2.75) is 13.2 Å². The molecule has 0 unspecified atom stereocenters. The summed E-state index contributed by atoms with van der Waals surface area (Å²) in [7, 11) is 0. The van der Waals surface area contributed by atoms with Gasteiger partial charge in [0, 0.05) is 10.7 Å². The summed E-state index contributed by atoms with van der Waals surface area (Å²) >= 11 is 3.47. The quantitative estimate of drug-likeness (QED) is 0.850. The molecule has 0 amide bonds. The predicted octanol–water partition coefficient (Wildman–Crippen LogP) is 3.27. The topological polar surface area (TPSA) is 43.7 Å². The van der Waals surface area contributed by atoms with Crippen molar-refractivity contribution in [3.8, 4) is 0 Å². The van der Waals surface area contributed by atoms with E-state index in [1.807, 2.05) is 30.3 Å². The van der Waals surface area contributed by atoms with Gasteiger partial charge in [-0.2, -0.15) is 0 Å². The van der Waals surface area contributed by atoms with Gasteiger partial charge in [0.1, 0.15) is 0 Å². The predicted molar refractivity (Wildman–Crippen MR) is 73.9 cm³/mol. The number of fused-ring (bicyclic) bond motifs is 3. The molecule has 0 aliphatic carbocycles. The Bertz CT molecular complexity index is 652. The summed E-state index contributed by atoms with van der Waals surface area (Å²) in [5.41, 5.74) is 3.04. The maximum Gasteiger partial charge on any atom is 0.0708 e. The zero-order chi connectivity index (χ0) is 12.7. The van der Waals surface area contributed by atoms with E-state index in [1.54, 1.807) is 6.20 Å². The van der Waals surface area contributed by atoms with Crippen LogP contribution < -0.4 is 0 Å². The minimum absolute atomic E-state index is 0.0160. The molecule has 3 nitrogen and oxygen atoms in total. The molecule has 3 rings (SSSR count). The Hall–Kier alpha value is -1.36. The molecular formula is C14H12BrNO2. The Morgan fingerprint density at radius 2 is 2.06 bits per heavy atom. The number of halogens is 1. The lowest BCUT2D eigenvalue weighted by molar-refractivity contribution is -0.0491. The third-order valence-corrected chi connectivity index (χ3v) is 3.74. The van der Waals surface area contributed by atoms with E-state index >= 15 is 0 Å². The van der Waals surface area contributed by atoms with E-state index in [0.29, 0.717) is 6.54 Å². The molecule has 1 aliphatic heterocycles. The molecule has 0 fully saturated rings. The van der Waals surface area contributed by atoms with Crippen LogP contribution in [0.3, 0.4) is 0 Å². The van der Waals surface area contributed by atoms with Crippen LogP contribution in [-0.4, -0.2) is 15.4 Å². The van der Waals surface area contributed by atoms with Crippen LogP contribution in [0.2, 0.25) is 0 Å². The highest BCUT2D eigenvalue weighted by Gasteiger charge is 2.15. The number of rotatable bonds is 1. The van der Waals surface area contributed by atoms with Gasteiger partial charge in [0.2, 0.25) is 0 Å². The Kier molecular flexibility index (Phi) is 2.86. The van der Waals surface area contributed by atoms with Crippen molar-refractivity contribution < 1.29 is 10.3 Å². The van der Waals surface area contributed by atoms with Gasteiger partial charge in [-0.05, 0) is 51.7 Å². The molecule has 4 heteroatoms. The van der Waals surface area contributed by atoms with Crippen LogP contribution in [0.15, 0.2) is 34.9 Å². The zero-order valence-corrected chi connectivity index (χ0v) is 11.2. The average Bonchev–Trinajstić information content (AvgIpc) is 2.38.